The van der Waals surface area contributed by atoms with Gasteiger partial charge in [-0.3, -0.25) is 67.7 Å². The molecule has 103 heavy (non-hydrogen) atoms. The number of guanidine groups is 3. The van der Waals surface area contributed by atoms with Crippen LogP contribution in [0.3, 0.4) is 0 Å². The number of carboxylic acid groups (broad SMARTS) is 2. The van der Waals surface area contributed by atoms with Crippen molar-refractivity contribution in [3.63, 3.8) is 0 Å². The lowest BCUT2D eigenvalue weighted by Crippen LogP contribution is -2.61. The summed E-state index contributed by atoms with van der Waals surface area (Å²) in [6.45, 7) is 0.307. The Morgan fingerprint density at radius 3 is 1.68 bits per heavy atom. The molecule has 0 unspecified atom stereocenters. The maximum absolute atomic E-state index is 14.7. The monoisotopic (exact) mass is 1460 g/mol. The van der Waals surface area contributed by atoms with Gasteiger partial charge in [0, 0.05) is 74.4 Å². The number of aliphatic carboxylic acids is 2. The molecule has 1 saturated heterocycles. The number of aliphatic hydroxyl groups is 1. The number of aromatic amines is 2. The van der Waals surface area contributed by atoms with Crippen LogP contribution >= 0.6 is 11.8 Å². The van der Waals surface area contributed by atoms with Gasteiger partial charge in [-0.1, -0.05) is 48.5 Å². The Kier molecular flexibility index (Phi) is 33.9. The van der Waals surface area contributed by atoms with Gasteiger partial charge >= 0.3 is 11.9 Å². The molecule has 4 aromatic rings. The number of likely N-dealkylation sites (tertiary alicyclic amines) is 1. The molecule has 3 heterocycles. The first-order valence-corrected chi connectivity index (χ1v) is 34.5. The van der Waals surface area contributed by atoms with E-state index >= 15 is 0 Å². The van der Waals surface area contributed by atoms with E-state index in [0.717, 1.165) is 0 Å². The average molecular weight is 1460 g/mol. The fourth-order valence-corrected chi connectivity index (χ4v) is 11.4. The number of nitrogens with zero attached hydrogens (tertiary/aromatic N) is 5. The van der Waals surface area contributed by atoms with E-state index in [1.807, 2.05) is 0 Å². The predicted molar refractivity (Wildman–Crippen MR) is 380 cm³/mol. The summed E-state index contributed by atoms with van der Waals surface area (Å²) < 4.78 is 0. The molecule has 28 N–H and O–H groups in total. The van der Waals surface area contributed by atoms with Gasteiger partial charge in [-0.25, -0.2) is 9.78 Å². The quantitative estimate of drug-likeness (QED) is 0.0111. The third-order valence-corrected chi connectivity index (χ3v) is 17.0. The molecule has 38 nitrogen and oxygen atoms in total. The lowest BCUT2D eigenvalue weighted by Gasteiger charge is -2.31. The Hall–Kier alpha value is -11.1. The van der Waals surface area contributed by atoms with E-state index in [4.69, 9.17) is 40.1 Å². The Labute approximate surface area is 596 Å². The highest BCUT2D eigenvalue weighted by molar-refractivity contribution is 7.98. The summed E-state index contributed by atoms with van der Waals surface area (Å²) in [5.74, 6) is -12.6. The number of amides is 10. The van der Waals surface area contributed by atoms with Gasteiger partial charge in [0.05, 0.1) is 25.4 Å². The van der Waals surface area contributed by atoms with E-state index in [1.165, 1.54) is 36.1 Å². The number of nitrogens with two attached hydrogens (primary N) is 7. The number of H-pyrrole nitrogens is 2. The number of benzene rings is 2. The van der Waals surface area contributed by atoms with Gasteiger partial charge < -0.3 is 118 Å². The summed E-state index contributed by atoms with van der Waals surface area (Å²) in [6, 6.07) is -0.639. The average Bonchev–Trinajstić information content (AvgIpc) is 1.76. The number of carbonyl (C=O) groups is 12. The van der Waals surface area contributed by atoms with E-state index < -0.39 is 150 Å². The van der Waals surface area contributed by atoms with Crippen LogP contribution in [0.4, 0.5) is 0 Å². The third kappa shape index (κ3) is 27.8. The number of aliphatic imine (C=N–C) groups is 3. The molecule has 0 radical (unpaired) electrons. The predicted octanol–water partition coefficient (Wildman–Crippen LogP) is -5.91. The zero-order valence-corrected chi connectivity index (χ0v) is 58.0. The van der Waals surface area contributed by atoms with Crippen LogP contribution in [0.25, 0.3) is 10.9 Å². The first kappa shape index (κ1) is 82.6. The van der Waals surface area contributed by atoms with Gasteiger partial charge in [-0.05, 0) is 93.9 Å². The molecule has 0 saturated carbocycles. The second-order valence-electron chi connectivity index (χ2n) is 24.3. The molecule has 39 heteroatoms. The fraction of sp³-hybridized carbons (Fsp3) is 0.500. The molecule has 1 aliphatic heterocycles. The van der Waals surface area contributed by atoms with Gasteiger partial charge in [0.25, 0.3) is 0 Å². The number of imidazole rings is 1. The number of hydrogen-bond acceptors (Lipinski definition) is 19. The minimum Gasteiger partial charge on any atom is -0.481 e. The molecule has 0 bridgehead atoms. The molecule has 0 spiro atoms. The summed E-state index contributed by atoms with van der Waals surface area (Å²) in [6.07, 6.45) is 5.45. The molecule has 2 aromatic carbocycles. The highest BCUT2D eigenvalue weighted by atomic mass is 32.2. The number of carbonyl (C=O) groups excluding carboxylic acids is 10. The molecule has 2 aromatic heterocycles. The molecule has 10 amide bonds. The summed E-state index contributed by atoms with van der Waals surface area (Å²) in [5.41, 5.74) is 41.1. The molecule has 0 aliphatic carbocycles. The molecule has 562 valence electrons. The van der Waals surface area contributed by atoms with Crippen molar-refractivity contribution in [2.45, 2.75) is 157 Å². The maximum atomic E-state index is 14.7. The SMILES string of the molecule is CSCC[C@H](NC(=O)[C@@H]1CCCN1C(=O)[C@H](CCCN=C(N)N)NC(=O)[C@H](C)NC(=O)[C@H](CO)NC(=O)[C@H](CC(=O)O)NC(=O)[C@H](Cc1ccccc1)NC(=O)[C@@H](N)CCCN=C(N)N)C(=O)N[C@@H](Cc1cnc[nH]1)C(=O)N[C@@H](Cc1c[nH]c2ccccc12)C(=O)N[C@@H](CCCN=C(N)N)C(=O)O. The Morgan fingerprint density at radius 2 is 1.10 bits per heavy atom. The van der Waals surface area contributed by atoms with E-state index in [1.54, 1.807) is 67.0 Å². The molecule has 11 atom stereocenters. The summed E-state index contributed by atoms with van der Waals surface area (Å²) in [5, 5.41) is 53.8. The van der Waals surface area contributed by atoms with Crippen molar-refractivity contribution in [3.05, 3.63) is 90.1 Å². The Balaban J connectivity index is 1.30. The topological polar surface area (TPSA) is 641 Å². The van der Waals surface area contributed by atoms with Gasteiger partial charge in [0.2, 0.25) is 59.1 Å². The Bertz CT molecular complexity index is 3620. The second-order valence-corrected chi connectivity index (χ2v) is 25.3. The van der Waals surface area contributed by atoms with E-state index in [0.29, 0.717) is 39.9 Å². The number of carboxylic acids is 2. The van der Waals surface area contributed by atoms with Crippen LogP contribution in [0.15, 0.2) is 88.3 Å². The van der Waals surface area contributed by atoms with Crippen LogP contribution in [0.5, 0.6) is 0 Å². The van der Waals surface area contributed by atoms with Crippen molar-refractivity contribution >= 4 is 112 Å². The lowest BCUT2D eigenvalue weighted by molar-refractivity contribution is -0.143. The van der Waals surface area contributed by atoms with Crippen molar-refractivity contribution in [2.75, 3.05) is 44.8 Å². The van der Waals surface area contributed by atoms with Crippen molar-refractivity contribution in [1.82, 2.24) is 67.7 Å². The fourth-order valence-electron chi connectivity index (χ4n) is 11.0. The second kappa shape index (κ2) is 42.2. The first-order chi connectivity index (χ1) is 49.1. The number of rotatable bonds is 44. The van der Waals surface area contributed by atoms with Crippen LogP contribution in [0.1, 0.15) is 88.0 Å². The smallest absolute Gasteiger partial charge is 0.326 e. The summed E-state index contributed by atoms with van der Waals surface area (Å²) >= 11 is 1.34. The van der Waals surface area contributed by atoms with Gasteiger partial charge in [-0.2, -0.15) is 11.8 Å². The molecule has 5 rings (SSSR count). The summed E-state index contributed by atoms with van der Waals surface area (Å²) in [4.78, 5) is 189. The molecular formula is C64H95N23O15S. The zero-order valence-electron chi connectivity index (χ0n) is 57.1. The minimum atomic E-state index is -1.91. The Morgan fingerprint density at radius 1 is 0.583 bits per heavy atom. The maximum Gasteiger partial charge on any atom is 0.326 e. The van der Waals surface area contributed by atoms with Crippen molar-refractivity contribution < 1.29 is 72.9 Å². The normalized spacial score (nSPS) is 15.4. The standard InChI is InChI=1S/C64H95N23O15S/c1-34(78-58(98)48(32-88)86-57(97)47(29-50(89)90)85-54(94)44(26-35-12-4-3-5-13-35)82-52(92)39(65)15-8-21-73-62(66)67)51(91)80-42(17-9-22-74-63(68)69)60(100)87-24-11-19-49(87)59(99)79-41(20-25-103-2)53(93)84-46(28-37-31-72-33-77-37)56(96)83-45(27-36-30-76-40-16-7-6-14-38(36)40)55(95)81-43(61(101)102)18-10-23-75-64(70)71/h3-7,12-14,16,30-31,33-34,39,41-49,76,88H,8-11,15,17-29,32,65H2,1-2H3,(H,72,77)(H,78,98)(H,79,99)(H,80,91)(H,81,95)(H,82,92)(H,83,96)(H,84,93)(H,85,94)(H,86,97)(H,89,90)(H,101,102)(H4,66,67,73)(H4,68,69,74)(H4,70,71,75)/t34-,39-,41-,42-,43-,44-,45-,46-,47-,48-,49-/m0/s1. The number of nitrogens with one attached hydrogen (secondary N) is 11. The number of aromatic nitrogens is 3. The first-order valence-electron chi connectivity index (χ1n) is 33.1. The zero-order chi connectivity index (χ0) is 75.7. The summed E-state index contributed by atoms with van der Waals surface area (Å²) in [7, 11) is 0. The van der Waals surface area contributed by atoms with Crippen molar-refractivity contribution in [1.29, 1.82) is 0 Å². The van der Waals surface area contributed by atoms with Crippen LogP contribution in [-0.2, 0) is 76.8 Å². The molecule has 1 aliphatic rings. The number of aliphatic hydroxyl groups excluding tert-OH is 1. The van der Waals surface area contributed by atoms with E-state index in [9.17, 15) is 72.9 Å². The minimum absolute atomic E-state index is 0.00344. The third-order valence-electron chi connectivity index (χ3n) is 16.3. The van der Waals surface area contributed by atoms with Gasteiger partial charge in [0.1, 0.15) is 60.4 Å². The van der Waals surface area contributed by atoms with E-state index in [2.05, 4.69) is 77.8 Å². The number of thioether (sulfide) groups is 1. The van der Waals surface area contributed by atoms with Crippen LogP contribution in [0, 0.1) is 0 Å². The van der Waals surface area contributed by atoms with Crippen LogP contribution in [0.2, 0.25) is 0 Å². The van der Waals surface area contributed by atoms with Gasteiger partial charge in [-0.15, -0.1) is 0 Å². The number of hydrogen-bond donors (Lipinski definition) is 21. The van der Waals surface area contributed by atoms with E-state index in [-0.39, 0.29) is 115 Å². The van der Waals surface area contributed by atoms with Crippen molar-refractivity contribution in [3.8, 4) is 0 Å². The number of para-hydroxylation sites is 1. The lowest BCUT2D eigenvalue weighted by atomic mass is 10.0. The van der Waals surface area contributed by atoms with Crippen LogP contribution < -0.4 is 88.0 Å². The molecular weight excluding hydrogens is 1360 g/mol. The van der Waals surface area contributed by atoms with Crippen molar-refractivity contribution in [2.24, 2.45) is 55.1 Å². The highest BCUT2D eigenvalue weighted by Gasteiger charge is 2.41. The largest absolute Gasteiger partial charge is 0.481 e. The highest BCUT2D eigenvalue weighted by Crippen LogP contribution is 2.22. The van der Waals surface area contributed by atoms with Crippen LogP contribution in [-0.4, -0.2) is 235 Å². The van der Waals surface area contributed by atoms with Gasteiger partial charge in [0.15, 0.2) is 17.9 Å². The molecule has 1 fully saturated rings. The number of fused-ring (bicyclic) bond motifs is 1.